The second kappa shape index (κ2) is 10.3. The Morgan fingerprint density at radius 3 is 2.81 bits per heavy atom. The zero-order valence-electron chi connectivity index (χ0n) is 18.9. The van der Waals surface area contributed by atoms with Crippen LogP contribution in [-0.4, -0.2) is 45.6 Å². The van der Waals surface area contributed by atoms with Crippen molar-refractivity contribution in [2.75, 3.05) is 19.6 Å². The predicted octanol–water partition coefficient (Wildman–Crippen LogP) is 4.20. The Morgan fingerprint density at radius 2 is 2.03 bits per heavy atom. The molecule has 5 nitrogen and oxygen atoms in total. The number of fused-ring (bicyclic) bond motifs is 1. The number of pyridine rings is 1. The molecular formula is C26H32N4OS. The van der Waals surface area contributed by atoms with Crippen molar-refractivity contribution < 1.29 is 0 Å². The van der Waals surface area contributed by atoms with E-state index < -0.39 is 0 Å². The third-order valence-corrected chi connectivity index (χ3v) is 6.75. The molecule has 6 heteroatoms. The van der Waals surface area contributed by atoms with E-state index in [1.807, 2.05) is 37.3 Å². The van der Waals surface area contributed by atoms with Gasteiger partial charge in [0.2, 0.25) is 0 Å². The highest BCUT2D eigenvalue weighted by Crippen LogP contribution is 2.20. The summed E-state index contributed by atoms with van der Waals surface area (Å²) in [6.45, 7) is 8.41. The van der Waals surface area contributed by atoms with Crippen LogP contribution in [-0.2, 0) is 13.1 Å². The van der Waals surface area contributed by atoms with Gasteiger partial charge in [0.05, 0.1) is 6.54 Å². The van der Waals surface area contributed by atoms with Gasteiger partial charge in [-0.25, -0.2) is 0 Å². The van der Waals surface area contributed by atoms with E-state index in [0.29, 0.717) is 24.2 Å². The van der Waals surface area contributed by atoms with Crippen molar-refractivity contribution in [1.29, 1.82) is 0 Å². The Hall–Kier alpha value is -2.70. The highest BCUT2D eigenvalue weighted by molar-refractivity contribution is 7.80. The summed E-state index contributed by atoms with van der Waals surface area (Å²) in [5, 5.41) is 5.16. The number of rotatable bonds is 7. The molecule has 168 valence electrons. The number of benzene rings is 2. The quantitative estimate of drug-likeness (QED) is 0.531. The smallest absolute Gasteiger partial charge is 0.253 e. The van der Waals surface area contributed by atoms with Crippen LogP contribution in [0.15, 0.2) is 59.4 Å². The number of H-pyrrole nitrogens is 1. The summed E-state index contributed by atoms with van der Waals surface area (Å²) in [5.41, 5.74) is 3.89. The minimum atomic E-state index is -0.0438. The molecule has 1 atom stereocenters. The Kier molecular flexibility index (Phi) is 7.22. The van der Waals surface area contributed by atoms with Gasteiger partial charge in [-0.3, -0.25) is 9.69 Å². The lowest BCUT2D eigenvalue weighted by Crippen LogP contribution is -2.46. The van der Waals surface area contributed by atoms with Crippen molar-refractivity contribution in [3.05, 3.63) is 81.6 Å². The highest BCUT2D eigenvalue weighted by atomic mass is 32.1. The molecule has 3 aromatic rings. The second-order valence-corrected chi connectivity index (χ2v) is 9.05. The minimum Gasteiger partial charge on any atom is -0.358 e. The monoisotopic (exact) mass is 448 g/mol. The summed E-state index contributed by atoms with van der Waals surface area (Å²) in [7, 11) is 0. The van der Waals surface area contributed by atoms with Crippen molar-refractivity contribution >= 4 is 28.2 Å². The maximum absolute atomic E-state index is 12.9. The number of aromatic amines is 1. The number of hydrogen-bond acceptors (Lipinski definition) is 3. The second-order valence-electron chi connectivity index (χ2n) is 8.66. The standard InChI is InChI=1S/C26H32N4OS/c1-3-29-13-7-10-23(29)18-30(26(32)27-16-20-8-5-4-6-9-20)17-22-15-21-12-11-19(2)14-24(21)28-25(22)31/h4-6,8-9,11-12,14-15,23H,3,7,10,13,16-18H2,1-2H3,(H,27,32)(H,28,31)/t23-/m1/s1. The third-order valence-electron chi connectivity index (χ3n) is 6.35. The van der Waals surface area contributed by atoms with Crippen LogP contribution < -0.4 is 10.9 Å². The molecule has 0 spiro atoms. The Bertz CT molecular complexity index is 1130. The fourth-order valence-corrected chi connectivity index (χ4v) is 4.77. The molecule has 0 unspecified atom stereocenters. The average Bonchev–Trinajstić information content (AvgIpc) is 3.25. The number of likely N-dealkylation sites (tertiary alicyclic amines) is 1. The van der Waals surface area contributed by atoms with Gasteiger partial charge in [0.15, 0.2) is 5.11 Å². The lowest BCUT2D eigenvalue weighted by Gasteiger charge is -2.32. The largest absolute Gasteiger partial charge is 0.358 e. The molecule has 1 fully saturated rings. The molecule has 2 aromatic carbocycles. The van der Waals surface area contributed by atoms with E-state index in [1.165, 1.54) is 18.4 Å². The fourth-order valence-electron chi connectivity index (χ4n) is 4.56. The maximum atomic E-state index is 12.9. The molecule has 1 saturated heterocycles. The molecule has 0 amide bonds. The summed E-state index contributed by atoms with van der Waals surface area (Å²) in [6, 6.07) is 18.9. The number of nitrogens with zero attached hydrogens (tertiary/aromatic N) is 2. The minimum absolute atomic E-state index is 0.0438. The highest BCUT2D eigenvalue weighted by Gasteiger charge is 2.26. The number of nitrogens with one attached hydrogen (secondary N) is 2. The van der Waals surface area contributed by atoms with Gasteiger partial charge in [0, 0.05) is 30.2 Å². The Balaban J connectivity index is 1.56. The molecular weight excluding hydrogens is 416 g/mol. The summed E-state index contributed by atoms with van der Waals surface area (Å²) in [4.78, 5) is 20.6. The first-order chi connectivity index (χ1) is 15.5. The maximum Gasteiger partial charge on any atom is 0.253 e. The van der Waals surface area contributed by atoms with Gasteiger partial charge in [-0.15, -0.1) is 0 Å². The summed E-state index contributed by atoms with van der Waals surface area (Å²) in [6.07, 6.45) is 2.38. The van der Waals surface area contributed by atoms with Crippen molar-refractivity contribution in [1.82, 2.24) is 20.1 Å². The molecule has 0 bridgehead atoms. The van der Waals surface area contributed by atoms with Gasteiger partial charge < -0.3 is 15.2 Å². The van der Waals surface area contributed by atoms with Gasteiger partial charge in [0.25, 0.3) is 5.56 Å². The number of aryl methyl sites for hydroxylation is 1. The lowest BCUT2D eigenvalue weighted by molar-refractivity contribution is 0.219. The fraction of sp³-hybridized carbons (Fsp3) is 0.385. The molecule has 1 aliphatic rings. The number of hydrogen-bond donors (Lipinski definition) is 2. The van der Waals surface area contributed by atoms with E-state index in [4.69, 9.17) is 12.2 Å². The van der Waals surface area contributed by atoms with Crippen LogP contribution in [0, 0.1) is 6.92 Å². The summed E-state index contributed by atoms with van der Waals surface area (Å²) >= 11 is 5.82. The molecule has 0 saturated carbocycles. The van der Waals surface area contributed by atoms with Crippen molar-refractivity contribution in [2.24, 2.45) is 0 Å². The van der Waals surface area contributed by atoms with Crippen LogP contribution in [0.25, 0.3) is 10.9 Å². The first-order valence-corrected chi connectivity index (χ1v) is 11.9. The van der Waals surface area contributed by atoms with E-state index in [-0.39, 0.29) is 5.56 Å². The van der Waals surface area contributed by atoms with Gasteiger partial charge in [-0.1, -0.05) is 49.4 Å². The van der Waals surface area contributed by atoms with Crippen molar-refractivity contribution in [2.45, 2.75) is 45.8 Å². The van der Waals surface area contributed by atoms with Crippen LogP contribution >= 0.6 is 12.2 Å². The lowest BCUT2D eigenvalue weighted by atomic mass is 10.1. The number of thiocarbonyl (C=S) groups is 1. The normalized spacial score (nSPS) is 16.4. The van der Waals surface area contributed by atoms with E-state index in [1.54, 1.807) is 0 Å². The first kappa shape index (κ1) is 22.5. The van der Waals surface area contributed by atoms with E-state index in [9.17, 15) is 4.79 Å². The third kappa shape index (κ3) is 5.37. The zero-order chi connectivity index (χ0) is 22.5. The van der Waals surface area contributed by atoms with Gasteiger partial charge in [-0.2, -0.15) is 0 Å². The number of likely N-dealkylation sites (N-methyl/N-ethyl adjacent to an activating group) is 1. The van der Waals surface area contributed by atoms with Gasteiger partial charge in [0.1, 0.15) is 0 Å². The molecule has 0 radical (unpaired) electrons. The molecule has 2 N–H and O–H groups in total. The number of aromatic nitrogens is 1. The van der Waals surface area contributed by atoms with E-state index in [0.717, 1.165) is 41.7 Å². The summed E-state index contributed by atoms with van der Waals surface area (Å²) < 4.78 is 0. The van der Waals surface area contributed by atoms with E-state index >= 15 is 0 Å². The van der Waals surface area contributed by atoms with Crippen molar-refractivity contribution in [3.63, 3.8) is 0 Å². The molecule has 1 aromatic heterocycles. The first-order valence-electron chi connectivity index (χ1n) is 11.5. The summed E-state index contributed by atoms with van der Waals surface area (Å²) in [5.74, 6) is 0. The molecule has 1 aliphatic heterocycles. The molecule has 32 heavy (non-hydrogen) atoms. The van der Waals surface area contributed by atoms with E-state index in [2.05, 4.69) is 51.3 Å². The molecule has 2 heterocycles. The molecule has 0 aliphatic carbocycles. The van der Waals surface area contributed by atoms with Crippen molar-refractivity contribution in [3.8, 4) is 0 Å². The van der Waals surface area contributed by atoms with Gasteiger partial charge >= 0.3 is 0 Å². The zero-order valence-corrected chi connectivity index (χ0v) is 19.8. The van der Waals surface area contributed by atoms with Crippen LogP contribution in [0.1, 0.15) is 36.5 Å². The SMILES string of the molecule is CCN1CCC[C@@H]1CN(Cc1cc2ccc(C)cc2[nH]c1=O)C(=S)NCc1ccccc1. The van der Waals surface area contributed by atoms with Crippen LogP contribution in [0.2, 0.25) is 0 Å². The van der Waals surface area contributed by atoms with Gasteiger partial charge in [-0.05, 0) is 73.7 Å². The van der Waals surface area contributed by atoms with Crippen LogP contribution in [0.5, 0.6) is 0 Å². The average molecular weight is 449 g/mol. The predicted molar refractivity (Wildman–Crippen MR) is 136 cm³/mol. The van der Waals surface area contributed by atoms with Crippen LogP contribution in [0.4, 0.5) is 0 Å². The topological polar surface area (TPSA) is 51.4 Å². The van der Waals surface area contributed by atoms with Crippen LogP contribution in [0.3, 0.4) is 0 Å². The Labute approximate surface area is 195 Å². The molecule has 4 rings (SSSR count). The Morgan fingerprint density at radius 1 is 1.22 bits per heavy atom.